The zero-order valence-electron chi connectivity index (χ0n) is 25.0. The number of hydrogen-bond donors (Lipinski definition) is 1. The van der Waals surface area contributed by atoms with Crippen LogP contribution in [0.25, 0.3) is 0 Å². The number of amides is 2. The van der Waals surface area contributed by atoms with Crippen molar-refractivity contribution in [2.75, 3.05) is 41.5 Å². The normalized spacial score (nSPS) is 15.4. The molecule has 2 amide bonds. The molecule has 0 saturated heterocycles. The molecule has 1 heterocycles. The van der Waals surface area contributed by atoms with Gasteiger partial charge in [0.05, 0.1) is 34.5 Å². The largest absolute Gasteiger partial charge is 0.493 e. The lowest BCUT2D eigenvalue weighted by Gasteiger charge is -2.42. The minimum Gasteiger partial charge on any atom is -0.493 e. The second-order valence-corrected chi connectivity index (χ2v) is 9.65. The molecule has 0 saturated carbocycles. The summed E-state index contributed by atoms with van der Waals surface area (Å²) in [5.41, 5.74) is 2.25. The predicted octanol–water partition coefficient (Wildman–Crippen LogP) is 2.39. The second kappa shape index (κ2) is 14.4. The van der Waals surface area contributed by atoms with Crippen molar-refractivity contribution in [3.63, 3.8) is 0 Å². The molecular weight excluding hydrogens is 548 g/mol. The van der Waals surface area contributed by atoms with Crippen molar-refractivity contribution in [3.8, 4) is 23.0 Å². The summed E-state index contributed by atoms with van der Waals surface area (Å²) >= 11 is 0. The van der Waals surface area contributed by atoms with Gasteiger partial charge in [-0.15, -0.1) is 0 Å². The van der Waals surface area contributed by atoms with Crippen LogP contribution >= 0.6 is 0 Å². The predicted molar refractivity (Wildman–Crippen MR) is 151 cm³/mol. The van der Waals surface area contributed by atoms with Gasteiger partial charge in [-0.1, -0.05) is 6.07 Å². The van der Waals surface area contributed by atoms with Crippen molar-refractivity contribution >= 4 is 23.8 Å². The van der Waals surface area contributed by atoms with E-state index in [1.807, 2.05) is 6.07 Å². The summed E-state index contributed by atoms with van der Waals surface area (Å²) in [4.78, 5) is 52.5. The summed E-state index contributed by atoms with van der Waals surface area (Å²) in [6.45, 7) is 4.16. The van der Waals surface area contributed by atoms with Gasteiger partial charge in [-0.05, 0) is 53.8 Å². The van der Waals surface area contributed by atoms with E-state index in [1.165, 1.54) is 47.2 Å². The summed E-state index contributed by atoms with van der Waals surface area (Å²) in [5.74, 6) is -0.489. The fourth-order valence-electron chi connectivity index (χ4n) is 5.08. The molecule has 2 aromatic rings. The Labute approximate surface area is 245 Å². The molecule has 0 spiro atoms. The van der Waals surface area contributed by atoms with Gasteiger partial charge in [-0.3, -0.25) is 19.2 Å². The first kappa shape index (κ1) is 32.0. The Morgan fingerprint density at radius 2 is 1.43 bits per heavy atom. The van der Waals surface area contributed by atoms with E-state index < -0.39 is 36.1 Å². The van der Waals surface area contributed by atoms with Crippen molar-refractivity contribution in [1.82, 2.24) is 10.2 Å². The van der Waals surface area contributed by atoms with E-state index >= 15 is 0 Å². The lowest BCUT2D eigenvalue weighted by molar-refractivity contribution is -0.178. The van der Waals surface area contributed by atoms with Crippen molar-refractivity contribution < 1.29 is 47.6 Å². The number of nitrogens with one attached hydrogen (secondary N) is 1. The highest BCUT2D eigenvalue weighted by atomic mass is 16.6. The molecule has 0 aliphatic carbocycles. The van der Waals surface area contributed by atoms with Gasteiger partial charge in [0.25, 0.3) is 5.91 Å². The zero-order chi connectivity index (χ0) is 31.0. The Kier molecular flexibility index (Phi) is 11.0. The quantitative estimate of drug-likeness (QED) is 0.369. The number of fused-ring (bicyclic) bond motifs is 1. The summed E-state index contributed by atoms with van der Waals surface area (Å²) in [6, 6.07) is 7.90. The minimum absolute atomic E-state index is 0.168. The van der Waals surface area contributed by atoms with E-state index in [0.717, 1.165) is 18.1 Å². The SMILES string of the molecule is COc1ccc(CCNC(=O)[C@H](OC(C)=O)[C@@H](OC(C)=O)[C@@H]2c3cc(OC)c(OC)cc3CCN2C(C)=O)cc1OC. The molecule has 1 N–H and O–H groups in total. The Balaban J connectivity index is 1.99. The van der Waals surface area contributed by atoms with Crippen LogP contribution in [0.5, 0.6) is 23.0 Å². The summed E-state index contributed by atoms with van der Waals surface area (Å²) in [5, 5.41) is 2.78. The van der Waals surface area contributed by atoms with Crippen LogP contribution in [0.15, 0.2) is 30.3 Å². The standard InChI is InChI=1S/C30H38N2O10/c1-17(33)32-13-11-21-15-25(39-6)26(40-7)16-22(21)27(32)28(41-18(2)34)29(42-19(3)35)30(36)31-12-10-20-8-9-23(37-4)24(14-20)38-5/h8-9,14-16,27-29H,10-13H2,1-7H3,(H,31,36)/t27-,28-,29+/m0/s1. The van der Waals surface area contributed by atoms with Crippen molar-refractivity contribution in [3.05, 3.63) is 47.0 Å². The first-order chi connectivity index (χ1) is 20.0. The van der Waals surface area contributed by atoms with E-state index in [-0.39, 0.29) is 19.0 Å². The molecule has 1 aliphatic rings. The number of nitrogens with zero attached hydrogens (tertiary/aromatic N) is 1. The van der Waals surface area contributed by atoms with Crippen LogP contribution < -0.4 is 24.3 Å². The minimum atomic E-state index is -1.57. The fourth-order valence-corrected chi connectivity index (χ4v) is 5.08. The smallest absolute Gasteiger partial charge is 0.303 e. The van der Waals surface area contributed by atoms with Crippen LogP contribution in [0.4, 0.5) is 0 Å². The molecule has 3 atom stereocenters. The molecule has 12 nitrogen and oxygen atoms in total. The van der Waals surface area contributed by atoms with Crippen LogP contribution in [0, 0.1) is 0 Å². The zero-order valence-corrected chi connectivity index (χ0v) is 25.0. The Bertz CT molecular complexity index is 1310. The molecule has 42 heavy (non-hydrogen) atoms. The average Bonchev–Trinajstić information content (AvgIpc) is 2.96. The van der Waals surface area contributed by atoms with Gasteiger partial charge in [-0.2, -0.15) is 0 Å². The molecule has 1 aliphatic heterocycles. The van der Waals surface area contributed by atoms with Crippen LogP contribution in [-0.2, 0) is 41.5 Å². The number of carbonyl (C=O) groups excluding carboxylic acids is 4. The number of ether oxygens (including phenoxy) is 6. The van der Waals surface area contributed by atoms with Crippen LogP contribution in [-0.4, -0.2) is 82.4 Å². The van der Waals surface area contributed by atoms with E-state index in [4.69, 9.17) is 28.4 Å². The highest BCUT2D eigenvalue weighted by Gasteiger charge is 2.46. The third-order valence-electron chi connectivity index (χ3n) is 6.95. The Morgan fingerprint density at radius 1 is 0.833 bits per heavy atom. The molecule has 0 bridgehead atoms. The van der Waals surface area contributed by atoms with Gasteiger partial charge in [0.15, 0.2) is 29.1 Å². The van der Waals surface area contributed by atoms with Crippen LogP contribution in [0.1, 0.15) is 43.5 Å². The molecule has 2 aromatic carbocycles. The molecule has 3 rings (SSSR count). The maximum absolute atomic E-state index is 13.6. The molecule has 0 unspecified atom stereocenters. The Morgan fingerprint density at radius 3 is 2.00 bits per heavy atom. The van der Waals surface area contributed by atoms with Crippen molar-refractivity contribution in [2.45, 2.75) is 51.9 Å². The van der Waals surface area contributed by atoms with Crippen LogP contribution in [0.3, 0.4) is 0 Å². The van der Waals surface area contributed by atoms with E-state index in [0.29, 0.717) is 41.4 Å². The summed E-state index contributed by atoms with van der Waals surface area (Å²) < 4.78 is 32.7. The van der Waals surface area contributed by atoms with E-state index in [9.17, 15) is 19.2 Å². The summed E-state index contributed by atoms with van der Waals surface area (Å²) in [6.07, 6.45) is -2.04. The number of benzene rings is 2. The maximum atomic E-state index is 13.6. The third kappa shape index (κ3) is 7.42. The lowest BCUT2D eigenvalue weighted by Crippen LogP contribution is -2.55. The number of esters is 2. The molecular formula is C30H38N2O10. The molecule has 0 radical (unpaired) electrons. The second-order valence-electron chi connectivity index (χ2n) is 9.65. The molecule has 228 valence electrons. The Hall–Kier alpha value is -4.48. The van der Waals surface area contributed by atoms with Gasteiger partial charge < -0.3 is 38.6 Å². The van der Waals surface area contributed by atoms with Gasteiger partial charge in [0, 0.05) is 33.9 Å². The lowest BCUT2D eigenvalue weighted by atomic mass is 9.86. The topological polar surface area (TPSA) is 139 Å². The van der Waals surface area contributed by atoms with Crippen molar-refractivity contribution in [2.24, 2.45) is 0 Å². The highest BCUT2D eigenvalue weighted by molar-refractivity contribution is 5.85. The first-order valence-corrected chi connectivity index (χ1v) is 13.4. The third-order valence-corrected chi connectivity index (χ3v) is 6.95. The molecule has 0 fully saturated rings. The summed E-state index contributed by atoms with van der Waals surface area (Å²) in [7, 11) is 6.05. The number of hydrogen-bond acceptors (Lipinski definition) is 10. The van der Waals surface area contributed by atoms with Gasteiger partial charge >= 0.3 is 11.9 Å². The highest BCUT2D eigenvalue weighted by Crippen LogP contribution is 2.41. The number of rotatable bonds is 12. The van der Waals surface area contributed by atoms with Crippen LogP contribution in [0.2, 0.25) is 0 Å². The van der Waals surface area contributed by atoms with Gasteiger partial charge in [0.2, 0.25) is 12.0 Å². The molecule has 0 aromatic heterocycles. The number of carbonyl (C=O) groups is 4. The van der Waals surface area contributed by atoms with Gasteiger partial charge in [0.1, 0.15) is 0 Å². The van der Waals surface area contributed by atoms with E-state index in [1.54, 1.807) is 24.3 Å². The average molecular weight is 587 g/mol. The van der Waals surface area contributed by atoms with Crippen molar-refractivity contribution in [1.29, 1.82) is 0 Å². The van der Waals surface area contributed by atoms with E-state index in [2.05, 4.69) is 5.32 Å². The number of methoxy groups -OCH3 is 4. The first-order valence-electron chi connectivity index (χ1n) is 13.4. The monoisotopic (exact) mass is 586 g/mol. The van der Waals surface area contributed by atoms with Gasteiger partial charge in [-0.25, -0.2) is 0 Å². The fraction of sp³-hybridized carbons (Fsp3) is 0.467. The molecule has 12 heteroatoms. The maximum Gasteiger partial charge on any atom is 0.303 e.